The van der Waals surface area contributed by atoms with Crippen LogP contribution in [0.1, 0.15) is 5.56 Å². The Morgan fingerprint density at radius 3 is 2.47 bits per heavy atom. The lowest BCUT2D eigenvalue weighted by molar-refractivity contribution is -0.137. The minimum atomic E-state index is -4.75. The minimum Gasteiger partial charge on any atom is -0.383 e. The zero-order valence-corrected chi connectivity index (χ0v) is 18.7. The number of aromatic nitrogens is 2. The first-order chi connectivity index (χ1) is 14.9. The van der Waals surface area contributed by atoms with Crippen LogP contribution in [0.25, 0.3) is 0 Å². The molecule has 1 heterocycles. The summed E-state index contributed by atoms with van der Waals surface area (Å²) in [5.41, 5.74) is 4.37. The van der Waals surface area contributed by atoms with Crippen molar-refractivity contribution in [3.8, 4) is 0 Å². The number of sulfone groups is 1. The van der Waals surface area contributed by atoms with Gasteiger partial charge in [0.25, 0.3) is 0 Å². The van der Waals surface area contributed by atoms with Crippen LogP contribution in [0, 0.1) is 0 Å². The summed E-state index contributed by atoms with van der Waals surface area (Å²) in [6.07, 6.45) is -3.17. The van der Waals surface area contributed by atoms with Crippen molar-refractivity contribution in [2.75, 3.05) is 17.3 Å². The highest BCUT2D eigenvalue weighted by atomic mass is 35.5. The molecule has 0 saturated carbocycles. The summed E-state index contributed by atoms with van der Waals surface area (Å²) in [6, 6.07) is 10.4. The van der Waals surface area contributed by atoms with E-state index < -0.39 is 39.7 Å². The van der Waals surface area contributed by atoms with E-state index >= 15 is 0 Å². The third-order valence-electron chi connectivity index (χ3n) is 4.29. The molecule has 1 amide bonds. The van der Waals surface area contributed by atoms with Crippen LogP contribution in [0.4, 0.5) is 24.7 Å². The summed E-state index contributed by atoms with van der Waals surface area (Å²) in [4.78, 5) is 12.2. The summed E-state index contributed by atoms with van der Waals surface area (Å²) in [5, 5.41) is 6.12. The normalized spacial score (nSPS) is 12.0. The Balaban J connectivity index is 1.93. The van der Waals surface area contributed by atoms with Crippen LogP contribution in [0.3, 0.4) is 0 Å². The van der Waals surface area contributed by atoms with Crippen LogP contribution < -0.4 is 11.1 Å². The quantitative estimate of drug-likeness (QED) is 0.484. The zero-order chi connectivity index (χ0) is 23.7. The number of alkyl halides is 3. The Hall–Kier alpha value is -2.70. The number of halogens is 4. The van der Waals surface area contributed by atoms with Crippen LogP contribution in [-0.4, -0.2) is 30.4 Å². The first kappa shape index (κ1) is 24.0. The lowest BCUT2D eigenvalue weighted by Gasteiger charge is -2.14. The minimum absolute atomic E-state index is 0.0121. The number of hydrogen-bond donors (Lipinski definition) is 2. The van der Waals surface area contributed by atoms with E-state index in [4.69, 9.17) is 17.3 Å². The number of hydrogen-bond acceptors (Lipinski definition) is 6. The van der Waals surface area contributed by atoms with Crippen molar-refractivity contribution >= 4 is 50.6 Å². The molecule has 0 fully saturated rings. The second-order valence-corrected chi connectivity index (χ2v) is 9.55. The number of carbonyl (C=O) groups is 1. The summed E-state index contributed by atoms with van der Waals surface area (Å²) < 4.78 is 66.7. The van der Waals surface area contributed by atoms with Gasteiger partial charge < -0.3 is 11.1 Å². The van der Waals surface area contributed by atoms with E-state index in [9.17, 15) is 26.4 Å². The smallest absolute Gasteiger partial charge is 0.383 e. The van der Waals surface area contributed by atoms with E-state index in [1.807, 2.05) is 0 Å². The molecule has 3 rings (SSSR count). The molecule has 13 heteroatoms. The third-order valence-corrected chi connectivity index (χ3v) is 7.16. The molecule has 7 nitrogen and oxygen atoms in total. The van der Waals surface area contributed by atoms with Gasteiger partial charge in [0, 0.05) is 5.02 Å². The summed E-state index contributed by atoms with van der Waals surface area (Å²) in [5.74, 6) is -1.19. The van der Waals surface area contributed by atoms with Gasteiger partial charge in [-0.1, -0.05) is 29.8 Å². The molecule has 0 aliphatic carbocycles. The van der Waals surface area contributed by atoms with Gasteiger partial charge in [-0.2, -0.15) is 18.3 Å². The highest BCUT2D eigenvalue weighted by molar-refractivity contribution is 7.99. The molecule has 2 aromatic carbocycles. The molecule has 0 atom stereocenters. The number of carbonyl (C=O) groups excluding carboxylic acids is 1. The fraction of sp³-hybridized carbons (Fsp3) is 0.158. The molecular formula is C19H16ClF3N4O3S2. The molecule has 0 aliphatic heterocycles. The number of thioether (sulfide) groups is 1. The molecule has 32 heavy (non-hydrogen) atoms. The third kappa shape index (κ3) is 4.87. The van der Waals surface area contributed by atoms with Crippen LogP contribution in [0.15, 0.2) is 63.3 Å². The molecular weight excluding hydrogens is 489 g/mol. The van der Waals surface area contributed by atoms with Gasteiger partial charge in [-0.05, 0) is 36.6 Å². The van der Waals surface area contributed by atoms with Crippen LogP contribution in [0.5, 0.6) is 0 Å². The molecule has 0 aliphatic rings. The number of amides is 1. The largest absolute Gasteiger partial charge is 0.418 e. The number of benzene rings is 2. The van der Waals surface area contributed by atoms with Gasteiger partial charge in [0.05, 0.1) is 16.1 Å². The number of nitrogens with zero attached hydrogens (tertiary/aromatic N) is 2. The number of nitrogens with two attached hydrogens (primary N) is 1. The monoisotopic (exact) mass is 504 g/mol. The first-order valence-electron chi connectivity index (χ1n) is 8.82. The second kappa shape index (κ2) is 9.04. The van der Waals surface area contributed by atoms with E-state index in [-0.39, 0.29) is 25.7 Å². The second-order valence-electron chi connectivity index (χ2n) is 6.43. The standard InChI is InChI=1S/C19H16ClF3N4O3S2/c1-31-18-16(32(29,30)12-5-3-2-4-6-12)17(24)27(26-18)10-15(28)25-14-8-7-11(20)9-13(14)19(21,22)23/h2-9H,10,24H2,1H3,(H,25,28). The average Bonchev–Trinajstić information content (AvgIpc) is 3.05. The van der Waals surface area contributed by atoms with Crippen LogP contribution >= 0.6 is 23.4 Å². The van der Waals surface area contributed by atoms with Crippen molar-refractivity contribution in [3.05, 3.63) is 59.1 Å². The van der Waals surface area contributed by atoms with Gasteiger partial charge >= 0.3 is 6.18 Å². The Bertz CT molecular complexity index is 1260. The van der Waals surface area contributed by atoms with Crippen molar-refractivity contribution in [1.29, 1.82) is 0 Å². The fourth-order valence-electron chi connectivity index (χ4n) is 2.85. The topological polar surface area (TPSA) is 107 Å². The fourth-order valence-corrected chi connectivity index (χ4v) is 5.47. The van der Waals surface area contributed by atoms with Crippen molar-refractivity contribution < 1.29 is 26.4 Å². The van der Waals surface area contributed by atoms with Gasteiger partial charge in [0.1, 0.15) is 22.3 Å². The molecule has 1 aromatic heterocycles. The highest BCUT2D eigenvalue weighted by Gasteiger charge is 2.34. The molecule has 3 N–H and O–H groups in total. The Morgan fingerprint density at radius 2 is 1.88 bits per heavy atom. The van der Waals surface area contributed by atoms with Gasteiger partial charge in [-0.15, -0.1) is 11.8 Å². The van der Waals surface area contributed by atoms with E-state index in [0.717, 1.165) is 22.5 Å². The van der Waals surface area contributed by atoms with Gasteiger partial charge in [0.15, 0.2) is 0 Å². The maximum Gasteiger partial charge on any atom is 0.418 e. The Labute approximate surface area is 190 Å². The first-order valence-corrected chi connectivity index (χ1v) is 11.9. The summed E-state index contributed by atoms with van der Waals surface area (Å²) in [6.45, 7) is -0.608. The van der Waals surface area contributed by atoms with Gasteiger partial charge in [0.2, 0.25) is 15.7 Å². The molecule has 0 radical (unpaired) electrons. The molecule has 3 aromatic rings. The molecule has 0 unspecified atom stereocenters. The van der Waals surface area contributed by atoms with E-state index in [1.165, 1.54) is 18.2 Å². The maximum atomic E-state index is 13.2. The predicted octanol–water partition coefficient (Wildman–Crippen LogP) is 4.33. The number of rotatable bonds is 6. The van der Waals surface area contributed by atoms with Gasteiger partial charge in [-0.25, -0.2) is 13.1 Å². The summed E-state index contributed by atoms with van der Waals surface area (Å²) in [7, 11) is -4.04. The molecule has 170 valence electrons. The number of anilines is 2. The number of nitrogen functional groups attached to an aromatic ring is 1. The Morgan fingerprint density at radius 1 is 1.22 bits per heavy atom. The SMILES string of the molecule is CSc1nn(CC(=O)Nc2ccc(Cl)cc2C(F)(F)F)c(N)c1S(=O)(=O)c1ccccc1. The zero-order valence-electron chi connectivity index (χ0n) is 16.4. The van der Waals surface area contributed by atoms with Crippen molar-refractivity contribution in [2.24, 2.45) is 0 Å². The molecule has 0 spiro atoms. The van der Waals surface area contributed by atoms with Crippen molar-refractivity contribution in [2.45, 2.75) is 27.5 Å². The van der Waals surface area contributed by atoms with Crippen molar-refractivity contribution in [3.63, 3.8) is 0 Å². The van der Waals surface area contributed by atoms with Gasteiger partial charge in [-0.3, -0.25) is 4.79 Å². The van der Waals surface area contributed by atoms with E-state index in [2.05, 4.69) is 10.4 Å². The van der Waals surface area contributed by atoms with Crippen LogP contribution in [0.2, 0.25) is 5.02 Å². The van der Waals surface area contributed by atoms with Crippen LogP contribution in [-0.2, 0) is 27.4 Å². The predicted molar refractivity (Wildman–Crippen MR) is 115 cm³/mol. The lowest BCUT2D eigenvalue weighted by atomic mass is 10.1. The lowest BCUT2D eigenvalue weighted by Crippen LogP contribution is -2.22. The molecule has 0 bridgehead atoms. The average molecular weight is 505 g/mol. The maximum absolute atomic E-state index is 13.2. The van der Waals surface area contributed by atoms with Crippen molar-refractivity contribution in [1.82, 2.24) is 9.78 Å². The Kier molecular flexibility index (Phi) is 6.77. The van der Waals surface area contributed by atoms with E-state index in [1.54, 1.807) is 24.5 Å². The summed E-state index contributed by atoms with van der Waals surface area (Å²) >= 11 is 6.64. The molecule has 0 saturated heterocycles. The highest BCUT2D eigenvalue weighted by Crippen LogP contribution is 2.37. The number of nitrogens with one attached hydrogen (secondary N) is 1. The van der Waals surface area contributed by atoms with E-state index in [0.29, 0.717) is 6.07 Å².